The smallest absolute Gasteiger partial charge is 0.241 e. The maximum atomic E-state index is 12.8. The number of nitrogens with zero attached hydrogens (tertiary/aromatic N) is 3. The van der Waals surface area contributed by atoms with Crippen LogP contribution in [0.25, 0.3) is 11.0 Å². The van der Waals surface area contributed by atoms with Crippen molar-refractivity contribution in [2.75, 3.05) is 42.7 Å². The van der Waals surface area contributed by atoms with Crippen molar-refractivity contribution in [3.8, 4) is 0 Å². The zero-order valence-electron chi connectivity index (χ0n) is 16.9. The number of H-pyrrole nitrogens is 1. The summed E-state index contributed by atoms with van der Waals surface area (Å²) in [6.07, 6.45) is 3.04. The van der Waals surface area contributed by atoms with Crippen LogP contribution in [0.1, 0.15) is 13.3 Å². The molecule has 6 nitrogen and oxygen atoms in total. The Hall–Kier alpha value is -2.51. The molecule has 2 N–H and O–H groups in total. The Morgan fingerprint density at radius 2 is 1.90 bits per heavy atom. The first-order chi connectivity index (χ1) is 14.1. The summed E-state index contributed by atoms with van der Waals surface area (Å²) in [5, 5.41) is 3.05. The van der Waals surface area contributed by atoms with Crippen LogP contribution in [0.4, 0.5) is 11.6 Å². The van der Waals surface area contributed by atoms with Crippen molar-refractivity contribution in [2.24, 2.45) is 0 Å². The number of carbonyl (C=O) groups is 1. The number of aromatic nitrogens is 2. The van der Waals surface area contributed by atoms with Crippen molar-refractivity contribution >= 4 is 40.3 Å². The van der Waals surface area contributed by atoms with E-state index in [4.69, 9.17) is 4.98 Å². The lowest BCUT2D eigenvalue weighted by Gasteiger charge is -2.27. The molecule has 0 saturated carbocycles. The van der Waals surface area contributed by atoms with Gasteiger partial charge in [0.15, 0.2) is 0 Å². The zero-order chi connectivity index (χ0) is 20.2. The van der Waals surface area contributed by atoms with Crippen molar-refractivity contribution in [1.82, 2.24) is 14.9 Å². The maximum Gasteiger partial charge on any atom is 0.241 e. The summed E-state index contributed by atoms with van der Waals surface area (Å²) in [7, 11) is 0. The largest absolute Gasteiger partial charge is 0.341 e. The van der Waals surface area contributed by atoms with Crippen LogP contribution in [-0.4, -0.2) is 59.3 Å². The normalized spacial score (nSPS) is 16.6. The van der Waals surface area contributed by atoms with E-state index in [1.807, 2.05) is 61.7 Å². The van der Waals surface area contributed by atoms with Gasteiger partial charge < -0.3 is 15.2 Å². The van der Waals surface area contributed by atoms with Crippen LogP contribution in [0.5, 0.6) is 0 Å². The molecule has 1 amide bonds. The predicted octanol–water partition coefficient (Wildman–Crippen LogP) is 3.82. The number of rotatable bonds is 5. The van der Waals surface area contributed by atoms with E-state index in [0.717, 1.165) is 55.3 Å². The van der Waals surface area contributed by atoms with Crippen molar-refractivity contribution in [1.29, 1.82) is 0 Å². The summed E-state index contributed by atoms with van der Waals surface area (Å²) >= 11 is 1.69. The van der Waals surface area contributed by atoms with Gasteiger partial charge in [-0.05, 0) is 56.0 Å². The van der Waals surface area contributed by atoms with Crippen molar-refractivity contribution in [3.05, 3.63) is 48.5 Å². The second-order valence-electron chi connectivity index (χ2n) is 7.35. The summed E-state index contributed by atoms with van der Waals surface area (Å²) < 4.78 is 0. The molecule has 1 aliphatic heterocycles. The topological polar surface area (TPSA) is 64.3 Å². The number of imidazole rings is 1. The van der Waals surface area contributed by atoms with Crippen LogP contribution in [0.2, 0.25) is 0 Å². The molecule has 0 radical (unpaired) electrons. The molecule has 7 heteroatoms. The molecule has 29 heavy (non-hydrogen) atoms. The van der Waals surface area contributed by atoms with Gasteiger partial charge in [-0.2, -0.15) is 0 Å². The van der Waals surface area contributed by atoms with Gasteiger partial charge in [0.25, 0.3) is 0 Å². The highest BCUT2D eigenvalue weighted by Gasteiger charge is 2.25. The third-order valence-electron chi connectivity index (χ3n) is 5.49. The third kappa shape index (κ3) is 4.57. The Balaban J connectivity index is 1.37. The van der Waals surface area contributed by atoms with Crippen LogP contribution in [0.15, 0.2) is 53.4 Å². The van der Waals surface area contributed by atoms with E-state index >= 15 is 0 Å². The number of carbonyl (C=O) groups excluding carboxylic acids is 1. The van der Waals surface area contributed by atoms with Gasteiger partial charge in [0, 0.05) is 36.8 Å². The number of amides is 1. The molecule has 2 aromatic carbocycles. The van der Waals surface area contributed by atoms with E-state index in [1.165, 1.54) is 4.90 Å². The second-order valence-corrected chi connectivity index (χ2v) is 8.23. The number of anilines is 2. The van der Waals surface area contributed by atoms with Crippen LogP contribution >= 0.6 is 11.8 Å². The lowest BCUT2D eigenvalue weighted by Crippen LogP contribution is -2.44. The molecule has 1 aliphatic rings. The molecule has 0 spiro atoms. The van der Waals surface area contributed by atoms with E-state index in [2.05, 4.69) is 20.1 Å². The molecule has 1 unspecified atom stereocenters. The van der Waals surface area contributed by atoms with E-state index in [-0.39, 0.29) is 11.9 Å². The summed E-state index contributed by atoms with van der Waals surface area (Å²) in [4.78, 5) is 26.6. The molecule has 1 fully saturated rings. The molecular formula is C22H27N5OS. The Labute approximate surface area is 175 Å². The predicted molar refractivity (Wildman–Crippen MR) is 121 cm³/mol. The molecule has 2 heterocycles. The average molecular weight is 410 g/mol. The Bertz CT molecular complexity index is 938. The highest BCUT2D eigenvalue weighted by molar-refractivity contribution is 7.98. The van der Waals surface area contributed by atoms with Gasteiger partial charge in [-0.3, -0.25) is 9.69 Å². The number of para-hydroxylation sites is 2. The van der Waals surface area contributed by atoms with E-state index < -0.39 is 0 Å². The minimum Gasteiger partial charge on any atom is -0.341 e. The van der Waals surface area contributed by atoms with Gasteiger partial charge in [-0.25, -0.2) is 4.98 Å². The van der Waals surface area contributed by atoms with Gasteiger partial charge in [-0.1, -0.05) is 12.1 Å². The fraction of sp³-hybridized carbons (Fsp3) is 0.364. The number of nitrogens with one attached hydrogen (secondary N) is 2. The van der Waals surface area contributed by atoms with Crippen LogP contribution in [0, 0.1) is 0 Å². The van der Waals surface area contributed by atoms with E-state index in [1.54, 1.807) is 11.8 Å². The molecular weight excluding hydrogens is 382 g/mol. The molecule has 152 valence electrons. The molecule has 3 aromatic rings. The molecule has 1 aromatic heterocycles. The summed E-state index contributed by atoms with van der Waals surface area (Å²) in [6.45, 7) is 5.50. The minimum atomic E-state index is -0.175. The number of aromatic amines is 1. The quantitative estimate of drug-likeness (QED) is 0.627. The van der Waals surface area contributed by atoms with Gasteiger partial charge in [0.2, 0.25) is 11.9 Å². The standard InChI is InChI=1S/C22H27N5OS/c1-16(21(28)23-17-8-10-18(29-2)11-9-17)26-12-5-13-27(15-14-26)22-24-19-6-3-4-7-20(19)25-22/h3-4,6-11,16H,5,12-15H2,1-2H3,(H,23,28)(H,24,25). The first-order valence-electron chi connectivity index (χ1n) is 10.0. The first-order valence-corrected chi connectivity index (χ1v) is 11.2. The Kier molecular flexibility index (Phi) is 6.06. The van der Waals surface area contributed by atoms with E-state index in [0.29, 0.717) is 0 Å². The van der Waals surface area contributed by atoms with Crippen molar-refractivity contribution < 1.29 is 4.79 Å². The van der Waals surface area contributed by atoms with Gasteiger partial charge in [-0.15, -0.1) is 11.8 Å². The molecule has 1 saturated heterocycles. The van der Waals surface area contributed by atoms with Gasteiger partial charge in [0.05, 0.1) is 17.1 Å². The molecule has 0 bridgehead atoms. The van der Waals surface area contributed by atoms with Gasteiger partial charge in [0.1, 0.15) is 0 Å². The first kappa shape index (κ1) is 19.8. The van der Waals surface area contributed by atoms with E-state index in [9.17, 15) is 4.79 Å². The fourth-order valence-electron chi connectivity index (χ4n) is 3.71. The molecule has 1 atom stereocenters. The minimum absolute atomic E-state index is 0.0408. The average Bonchev–Trinajstić information content (AvgIpc) is 3.03. The second kappa shape index (κ2) is 8.88. The third-order valence-corrected chi connectivity index (χ3v) is 6.24. The Morgan fingerprint density at radius 1 is 1.10 bits per heavy atom. The summed E-state index contributed by atoms with van der Waals surface area (Å²) in [6, 6.07) is 15.9. The highest BCUT2D eigenvalue weighted by atomic mass is 32.2. The fourth-order valence-corrected chi connectivity index (χ4v) is 4.12. The number of thioether (sulfide) groups is 1. The molecule has 0 aliphatic carbocycles. The summed E-state index contributed by atoms with van der Waals surface area (Å²) in [5.41, 5.74) is 2.89. The van der Waals surface area contributed by atoms with Crippen molar-refractivity contribution in [2.45, 2.75) is 24.3 Å². The maximum absolute atomic E-state index is 12.8. The van der Waals surface area contributed by atoms with Crippen LogP contribution in [-0.2, 0) is 4.79 Å². The zero-order valence-corrected chi connectivity index (χ0v) is 17.7. The highest BCUT2D eigenvalue weighted by Crippen LogP contribution is 2.20. The monoisotopic (exact) mass is 409 g/mol. The molecule has 4 rings (SSSR count). The van der Waals surface area contributed by atoms with Crippen molar-refractivity contribution in [3.63, 3.8) is 0 Å². The number of hydrogen-bond donors (Lipinski definition) is 2. The number of hydrogen-bond acceptors (Lipinski definition) is 5. The Morgan fingerprint density at radius 3 is 2.66 bits per heavy atom. The lowest BCUT2D eigenvalue weighted by molar-refractivity contribution is -0.120. The SMILES string of the molecule is CSc1ccc(NC(=O)C(C)N2CCCN(c3nc4ccccc4[nH]3)CC2)cc1. The number of fused-ring (bicyclic) bond motifs is 1. The lowest BCUT2D eigenvalue weighted by atomic mass is 10.2. The number of benzene rings is 2. The van der Waals surface area contributed by atoms with Crippen LogP contribution in [0.3, 0.4) is 0 Å². The summed E-state index contributed by atoms with van der Waals surface area (Å²) in [5.74, 6) is 0.957. The van der Waals surface area contributed by atoms with Gasteiger partial charge >= 0.3 is 0 Å². The van der Waals surface area contributed by atoms with Crippen LogP contribution < -0.4 is 10.2 Å².